The average molecular weight is 236 g/mol. The smallest absolute Gasteiger partial charge is 0.227 e. The lowest BCUT2D eigenvalue weighted by molar-refractivity contribution is -0.120. The van der Waals surface area contributed by atoms with Crippen molar-refractivity contribution in [2.24, 2.45) is 11.7 Å². The average Bonchev–Trinajstić information content (AvgIpc) is 2.36. The molecule has 0 bridgehead atoms. The van der Waals surface area contributed by atoms with E-state index in [0.29, 0.717) is 24.4 Å². The van der Waals surface area contributed by atoms with Gasteiger partial charge in [-0.15, -0.1) is 0 Å². The molecule has 1 amide bonds. The standard InChI is InChI=1S/C13H20N2O2/c1-3-10(8-9-14)13(16)15-11-6-4-5-7-12(11)17-2/h4-7,10H,3,8-9,14H2,1-2H3,(H,15,16). The molecule has 1 rings (SSSR count). The molecule has 1 aromatic carbocycles. The molecule has 1 aromatic rings. The number of hydrogen-bond acceptors (Lipinski definition) is 3. The normalized spacial score (nSPS) is 11.9. The molecule has 0 aliphatic rings. The molecule has 0 aliphatic carbocycles. The fourth-order valence-electron chi connectivity index (χ4n) is 1.70. The Morgan fingerprint density at radius 3 is 2.76 bits per heavy atom. The minimum Gasteiger partial charge on any atom is -0.495 e. The summed E-state index contributed by atoms with van der Waals surface area (Å²) in [5.41, 5.74) is 6.19. The highest BCUT2D eigenvalue weighted by atomic mass is 16.5. The second-order valence-electron chi connectivity index (χ2n) is 3.87. The molecule has 0 aromatic heterocycles. The summed E-state index contributed by atoms with van der Waals surface area (Å²) in [6, 6.07) is 7.37. The largest absolute Gasteiger partial charge is 0.495 e. The quantitative estimate of drug-likeness (QED) is 0.794. The third-order valence-electron chi connectivity index (χ3n) is 2.74. The summed E-state index contributed by atoms with van der Waals surface area (Å²) in [7, 11) is 1.59. The molecule has 0 spiro atoms. The van der Waals surface area contributed by atoms with E-state index in [4.69, 9.17) is 10.5 Å². The maximum absolute atomic E-state index is 12.0. The summed E-state index contributed by atoms with van der Waals surface area (Å²) in [6.07, 6.45) is 1.50. The maximum Gasteiger partial charge on any atom is 0.227 e. The number of rotatable bonds is 6. The van der Waals surface area contributed by atoms with Crippen LogP contribution in [0, 0.1) is 5.92 Å². The number of amides is 1. The zero-order chi connectivity index (χ0) is 12.7. The van der Waals surface area contributed by atoms with Gasteiger partial charge in [0.25, 0.3) is 0 Å². The van der Waals surface area contributed by atoms with E-state index in [1.807, 2.05) is 31.2 Å². The number of nitrogens with two attached hydrogens (primary N) is 1. The van der Waals surface area contributed by atoms with Crippen molar-refractivity contribution in [3.8, 4) is 5.75 Å². The van der Waals surface area contributed by atoms with Crippen LogP contribution in [0.3, 0.4) is 0 Å². The van der Waals surface area contributed by atoms with Gasteiger partial charge in [-0.05, 0) is 31.5 Å². The van der Waals surface area contributed by atoms with Gasteiger partial charge in [-0.2, -0.15) is 0 Å². The number of ether oxygens (including phenoxy) is 1. The number of para-hydroxylation sites is 2. The Morgan fingerprint density at radius 2 is 2.18 bits per heavy atom. The van der Waals surface area contributed by atoms with Gasteiger partial charge in [0, 0.05) is 5.92 Å². The Hall–Kier alpha value is -1.55. The summed E-state index contributed by atoms with van der Waals surface area (Å²) in [5, 5.41) is 2.88. The predicted molar refractivity (Wildman–Crippen MR) is 69.1 cm³/mol. The van der Waals surface area contributed by atoms with E-state index >= 15 is 0 Å². The Labute approximate surface area is 102 Å². The van der Waals surface area contributed by atoms with Crippen LogP contribution in [-0.4, -0.2) is 19.6 Å². The third kappa shape index (κ3) is 3.75. The molecule has 94 valence electrons. The van der Waals surface area contributed by atoms with Crippen LogP contribution < -0.4 is 15.8 Å². The summed E-state index contributed by atoms with van der Waals surface area (Å²) < 4.78 is 5.18. The van der Waals surface area contributed by atoms with Gasteiger partial charge >= 0.3 is 0 Å². The number of hydrogen-bond donors (Lipinski definition) is 2. The van der Waals surface area contributed by atoms with Crippen molar-refractivity contribution in [3.05, 3.63) is 24.3 Å². The van der Waals surface area contributed by atoms with Crippen molar-refractivity contribution in [2.45, 2.75) is 19.8 Å². The first kappa shape index (κ1) is 13.5. The summed E-state index contributed by atoms with van der Waals surface area (Å²) in [5.74, 6) is 0.635. The van der Waals surface area contributed by atoms with E-state index in [1.54, 1.807) is 7.11 Å². The van der Waals surface area contributed by atoms with Crippen molar-refractivity contribution in [2.75, 3.05) is 19.0 Å². The lowest BCUT2D eigenvalue weighted by atomic mass is 10.0. The van der Waals surface area contributed by atoms with Gasteiger partial charge in [0.2, 0.25) is 5.91 Å². The Kier molecular flexibility index (Phi) is 5.49. The number of methoxy groups -OCH3 is 1. The number of carbonyl (C=O) groups excluding carboxylic acids is 1. The van der Waals surface area contributed by atoms with E-state index in [1.165, 1.54) is 0 Å². The fourth-order valence-corrected chi connectivity index (χ4v) is 1.70. The zero-order valence-corrected chi connectivity index (χ0v) is 10.4. The first-order chi connectivity index (χ1) is 8.22. The molecule has 17 heavy (non-hydrogen) atoms. The van der Waals surface area contributed by atoms with Gasteiger partial charge in [0.1, 0.15) is 5.75 Å². The summed E-state index contributed by atoms with van der Waals surface area (Å²) >= 11 is 0. The Bertz CT molecular complexity index is 366. The van der Waals surface area contributed by atoms with Crippen LogP contribution in [0.2, 0.25) is 0 Å². The van der Waals surface area contributed by atoms with Crippen LogP contribution >= 0.6 is 0 Å². The monoisotopic (exact) mass is 236 g/mol. The van der Waals surface area contributed by atoms with Crippen LogP contribution in [0.1, 0.15) is 19.8 Å². The van der Waals surface area contributed by atoms with E-state index in [9.17, 15) is 4.79 Å². The lowest BCUT2D eigenvalue weighted by Crippen LogP contribution is -2.24. The van der Waals surface area contributed by atoms with Gasteiger partial charge in [-0.3, -0.25) is 4.79 Å². The highest BCUT2D eigenvalue weighted by molar-refractivity contribution is 5.93. The van der Waals surface area contributed by atoms with Crippen molar-refractivity contribution in [1.29, 1.82) is 0 Å². The van der Waals surface area contributed by atoms with E-state index in [-0.39, 0.29) is 11.8 Å². The number of carbonyl (C=O) groups is 1. The maximum atomic E-state index is 12.0. The molecule has 4 nitrogen and oxygen atoms in total. The van der Waals surface area contributed by atoms with Gasteiger partial charge in [-0.1, -0.05) is 19.1 Å². The minimum absolute atomic E-state index is 0.00227. The molecule has 0 saturated heterocycles. The lowest BCUT2D eigenvalue weighted by Gasteiger charge is -2.15. The van der Waals surface area contributed by atoms with Gasteiger partial charge in [-0.25, -0.2) is 0 Å². The SMILES string of the molecule is CCC(CCN)C(=O)Nc1ccccc1OC. The Balaban J connectivity index is 2.72. The fraction of sp³-hybridized carbons (Fsp3) is 0.462. The van der Waals surface area contributed by atoms with Crippen LogP contribution in [0.15, 0.2) is 24.3 Å². The van der Waals surface area contributed by atoms with Crippen LogP contribution in [0.25, 0.3) is 0 Å². The molecule has 0 saturated carbocycles. The van der Waals surface area contributed by atoms with Crippen molar-refractivity contribution >= 4 is 11.6 Å². The highest BCUT2D eigenvalue weighted by Gasteiger charge is 2.16. The molecular weight excluding hydrogens is 216 g/mol. The van der Waals surface area contributed by atoms with E-state index < -0.39 is 0 Å². The van der Waals surface area contributed by atoms with Crippen molar-refractivity contribution < 1.29 is 9.53 Å². The van der Waals surface area contributed by atoms with Gasteiger partial charge in [0.15, 0.2) is 0 Å². The molecular formula is C13H20N2O2. The zero-order valence-electron chi connectivity index (χ0n) is 10.4. The first-order valence-corrected chi connectivity index (χ1v) is 5.86. The van der Waals surface area contributed by atoms with Crippen LogP contribution in [0.4, 0.5) is 5.69 Å². The molecule has 0 radical (unpaired) electrons. The van der Waals surface area contributed by atoms with Gasteiger partial charge < -0.3 is 15.8 Å². The Morgan fingerprint density at radius 1 is 1.47 bits per heavy atom. The van der Waals surface area contributed by atoms with E-state index in [0.717, 1.165) is 6.42 Å². The van der Waals surface area contributed by atoms with Gasteiger partial charge in [0.05, 0.1) is 12.8 Å². The van der Waals surface area contributed by atoms with Crippen LogP contribution in [0.5, 0.6) is 5.75 Å². The second kappa shape index (κ2) is 6.91. The molecule has 4 heteroatoms. The topological polar surface area (TPSA) is 64.4 Å². The molecule has 1 atom stereocenters. The number of anilines is 1. The molecule has 0 heterocycles. The molecule has 0 aliphatic heterocycles. The summed E-state index contributed by atoms with van der Waals surface area (Å²) in [4.78, 5) is 12.0. The highest BCUT2D eigenvalue weighted by Crippen LogP contribution is 2.24. The molecule has 3 N–H and O–H groups in total. The third-order valence-corrected chi connectivity index (χ3v) is 2.74. The van der Waals surface area contributed by atoms with E-state index in [2.05, 4.69) is 5.32 Å². The van der Waals surface area contributed by atoms with Crippen molar-refractivity contribution in [3.63, 3.8) is 0 Å². The van der Waals surface area contributed by atoms with Crippen LogP contribution in [-0.2, 0) is 4.79 Å². The molecule has 0 fully saturated rings. The predicted octanol–water partition coefficient (Wildman–Crippen LogP) is 2.01. The number of benzene rings is 1. The van der Waals surface area contributed by atoms with Crippen molar-refractivity contribution in [1.82, 2.24) is 0 Å². The summed E-state index contributed by atoms with van der Waals surface area (Å²) in [6.45, 7) is 2.51. The first-order valence-electron chi connectivity index (χ1n) is 5.86. The molecule has 1 unspecified atom stereocenters. The minimum atomic E-state index is -0.0371. The number of nitrogens with one attached hydrogen (secondary N) is 1. The second-order valence-corrected chi connectivity index (χ2v) is 3.87.